The van der Waals surface area contributed by atoms with Gasteiger partial charge < -0.3 is 4.80 Å². The maximum atomic E-state index is 7.14. The van der Waals surface area contributed by atoms with E-state index in [1.807, 2.05) is 0 Å². The molecule has 0 aromatic heterocycles. The van der Waals surface area contributed by atoms with Crippen molar-refractivity contribution in [1.82, 2.24) is 0 Å². The van der Waals surface area contributed by atoms with Crippen LogP contribution in [0.3, 0.4) is 0 Å². The van der Waals surface area contributed by atoms with E-state index in [-0.39, 0.29) is 0 Å². The third kappa shape index (κ3) is 37.7. The molecule has 0 aliphatic rings. The molecule has 0 saturated heterocycles. The van der Waals surface area contributed by atoms with Crippen molar-refractivity contribution in [3.8, 4) is 0 Å². The van der Waals surface area contributed by atoms with E-state index < -0.39 is 0 Å². The van der Waals surface area contributed by atoms with E-state index in [0.29, 0.717) is 10.5 Å². The fraction of sp³-hybridized carbons (Fsp3) is 1.00. The standard InChI is InChI=1S/C2H5.Na.H4OSi/c1-2;;1-2/h1H2,2H3;;1H,2H3. The molecule has 0 spiro atoms. The number of hydrogen-bond acceptors (Lipinski definition) is 1. The molecule has 0 heterocycles. The molecule has 28 valence electrons. The largest absolute Gasteiger partial charge is 0.442 e. The summed E-state index contributed by atoms with van der Waals surface area (Å²) < 4.78 is 1.39. The van der Waals surface area contributed by atoms with Gasteiger partial charge in [-0.25, -0.2) is 0 Å². The third-order valence-corrected chi connectivity index (χ3v) is 0. The molecule has 0 radical (unpaired) electrons. The van der Waals surface area contributed by atoms with Crippen LogP contribution in [0.15, 0.2) is 0 Å². The van der Waals surface area contributed by atoms with Crippen LogP contribution in [0.25, 0.3) is 0 Å². The first-order valence-electron chi connectivity index (χ1n) is 1.86. The molecule has 0 aliphatic heterocycles. The van der Waals surface area contributed by atoms with Crippen molar-refractivity contribution < 1.29 is 4.80 Å². The Labute approximate surface area is 53.7 Å². The quantitative estimate of drug-likeness (QED) is 0.381. The normalized spacial score (nSPS) is 5.60. The average molecular weight is 100 g/mol. The van der Waals surface area contributed by atoms with Crippen LogP contribution in [-0.4, -0.2) is 43.2 Å². The summed E-state index contributed by atoms with van der Waals surface area (Å²) in [6.45, 7) is 2.19. The molecule has 1 N–H and O–H groups in total. The van der Waals surface area contributed by atoms with E-state index >= 15 is 0 Å². The van der Waals surface area contributed by atoms with Crippen molar-refractivity contribution >= 4 is 38.4 Å². The zero-order chi connectivity index (χ0) is 4.71. The molecule has 0 aromatic carbocycles. The average Bonchev–Trinajstić information content (AvgIpc) is 1.46. The molecular formula is C2H9NaOSi. The molecule has 0 saturated carbocycles. The Balaban J connectivity index is 0. The van der Waals surface area contributed by atoms with E-state index in [1.54, 1.807) is 0 Å². The second-order valence-corrected chi connectivity index (χ2v) is 2.12. The summed E-state index contributed by atoms with van der Waals surface area (Å²) in [4.78, 5) is 7.14. The molecular weight excluding hydrogens is 91.1 g/mol. The second-order valence-electron chi connectivity index (χ2n) is 0.707. The summed E-state index contributed by atoms with van der Waals surface area (Å²) in [5.41, 5.74) is 0. The molecule has 1 nitrogen and oxygen atoms in total. The van der Waals surface area contributed by atoms with Gasteiger partial charge in [-0.2, -0.15) is 0 Å². The molecule has 3 heteroatoms. The third-order valence-electron chi connectivity index (χ3n) is 0. The van der Waals surface area contributed by atoms with Crippen molar-refractivity contribution in [2.45, 2.75) is 10.6 Å². The minimum Gasteiger partial charge on any atom is -0.442 e. The van der Waals surface area contributed by atoms with E-state index in [1.165, 1.54) is 31.6 Å². The maximum Gasteiger partial charge on any atom is 0.141 e. The van der Waals surface area contributed by atoms with Crippen molar-refractivity contribution in [2.24, 2.45) is 0 Å². The van der Waals surface area contributed by atoms with Crippen LogP contribution < -0.4 is 0 Å². The van der Waals surface area contributed by atoms with Crippen LogP contribution in [0.5, 0.6) is 0 Å². The van der Waals surface area contributed by atoms with E-state index in [0.717, 1.165) is 0 Å². The van der Waals surface area contributed by atoms with Crippen LogP contribution in [0.4, 0.5) is 0 Å². The summed E-state index contributed by atoms with van der Waals surface area (Å²) in [5, 5.41) is 0. The maximum absolute atomic E-state index is 7.14. The summed E-state index contributed by atoms with van der Waals surface area (Å²) in [6, 6.07) is 0. The Morgan fingerprint density at radius 3 is 1.80 bits per heavy atom. The van der Waals surface area contributed by atoms with E-state index in [2.05, 4.69) is 6.92 Å². The Morgan fingerprint density at radius 1 is 1.80 bits per heavy atom. The molecule has 5 heavy (non-hydrogen) atoms. The minimum absolute atomic E-state index is 0.306. The fourth-order valence-corrected chi connectivity index (χ4v) is 0. The summed E-state index contributed by atoms with van der Waals surface area (Å²) in [6.07, 6.45) is 0. The monoisotopic (exact) mass is 100 g/mol. The van der Waals surface area contributed by atoms with Gasteiger partial charge in [-0.05, 0) is 0 Å². The molecule has 0 atom stereocenters. The summed E-state index contributed by atoms with van der Waals surface area (Å²) in [5.74, 6) is 0. The fourth-order valence-electron chi connectivity index (χ4n) is 0. The zero-order valence-electron chi connectivity index (χ0n) is 4.15. The molecule has 0 unspecified atom stereocenters. The molecule has 0 rings (SSSR count). The van der Waals surface area contributed by atoms with Gasteiger partial charge in [-0.1, -0.05) is 0 Å². The van der Waals surface area contributed by atoms with Gasteiger partial charge in [0, 0.05) is 0 Å². The zero-order valence-corrected chi connectivity index (χ0v) is 8.15. The van der Waals surface area contributed by atoms with Crippen molar-refractivity contribution in [3.05, 3.63) is 0 Å². The van der Waals surface area contributed by atoms with E-state index in [4.69, 9.17) is 4.80 Å². The molecule has 0 bridgehead atoms. The van der Waals surface area contributed by atoms with Gasteiger partial charge in [0.15, 0.2) is 0 Å². The van der Waals surface area contributed by atoms with Gasteiger partial charge in [0.2, 0.25) is 0 Å². The van der Waals surface area contributed by atoms with Gasteiger partial charge in [-0.3, -0.25) is 0 Å². The van der Waals surface area contributed by atoms with E-state index in [9.17, 15) is 0 Å². The SMILES string of the molecule is C[CH2][Na].O[SiH3]. The molecule has 0 fully saturated rings. The van der Waals surface area contributed by atoms with Crippen molar-refractivity contribution in [1.29, 1.82) is 0 Å². The van der Waals surface area contributed by atoms with Gasteiger partial charge >= 0.3 is 38.5 Å². The van der Waals surface area contributed by atoms with Crippen molar-refractivity contribution in [2.75, 3.05) is 0 Å². The summed E-state index contributed by atoms with van der Waals surface area (Å²) in [7, 11) is 0.306. The Morgan fingerprint density at radius 2 is 1.80 bits per heavy atom. The first kappa shape index (κ1) is 9.49. The number of rotatable bonds is 0. The topological polar surface area (TPSA) is 20.2 Å². The molecule has 0 aromatic rings. The van der Waals surface area contributed by atoms with Gasteiger partial charge in [0.05, 0.1) is 0 Å². The Hall–Kier alpha value is 1.18. The Kier molecular flexibility index (Phi) is 36.2. The molecule has 0 amide bonds. The van der Waals surface area contributed by atoms with Gasteiger partial charge in [0.1, 0.15) is 10.5 Å². The predicted octanol–water partition coefficient (Wildman–Crippen LogP) is -1.15. The summed E-state index contributed by atoms with van der Waals surface area (Å²) >= 11 is 1.37. The Bertz CT molecular complexity index is 9.61. The van der Waals surface area contributed by atoms with Crippen molar-refractivity contribution in [3.63, 3.8) is 0 Å². The first-order valence-corrected chi connectivity index (χ1v) is 4.17. The van der Waals surface area contributed by atoms with Gasteiger partial charge in [0.25, 0.3) is 0 Å². The smallest absolute Gasteiger partial charge is 0.141 e. The minimum atomic E-state index is 0.306. The number of hydrogen-bond donors (Lipinski definition) is 1. The van der Waals surface area contributed by atoms with Crippen LogP contribution in [0.1, 0.15) is 6.92 Å². The van der Waals surface area contributed by atoms with Crippen LogP contribution in [0.2, 0.25) is 3.67 Å². The van der Waals surface area contributed by atoms with Crippen LogP contribution >= 0.6 is 0 Å². The van der Waals surface area contributed by atoms with Crippen LogP contribution in [-0.2, 0) is 0 Å². The second kappa shape index (κ2) is 19.1. The molecule has 0 aliphatic carbocycles. The first-order chi connectivity index (χ1) is 2.41. The van der Waals surface area contributed by atoms with Gasteiger partial charge in [-0.15, -0.1) is 0 Å². The predicted molar refractivity (Wildman–Crippen MR) is 28.4 cm³/mol. The van der Waals surface area contributed by atoms with Crippen LogP contribution in [0, 0.1) is 0 Å².